The van der Waals surface area contributed by atoms with Gasteiger partial charge in [0.15, 0.2) is 5.82 Å². The quantitative estimate of drug-likeness (QED) is 0.170. The van der Waals surface area contributed by atoms with Crippen LogP contribution in [0.1, 0.15) is 0 Å². The van der Waals surface area contributed by atoms with Gasteiger partial charge < -0.3 is 0 Å². The van der Waals surface area contributed by atoms with E-state index in [1.807, 2.05) is 30.3 Å². The third-order valence-electron chi connectivity index (χ3n) is 9.27. The van der Waals surface area contributed by atoms with E-state index in [-0.39, 0.29) is 0 Å². The maximum Gasteiger partial charge on any atom is 0.160 e. The Balaban J connectivity index is 1.32. The fourth-order valence-corrected chi connectivity index (χ4v) is 6.85. The van der Waals surface area contributed by atoms with Gasteiger partial charge in [-0.25, -0.2) is 15.0 Å². The molecule has 0 aliphatic rings. The molecule has 0 saturated carbocycles. The minimum atomic E-state index is 0.684. The maximum absolute atomic E-state index is 5.33. The van der Waals surface area contributed by atoms with Gasteiger partial charge in [-0.3, -0.25) is 0 Å². The van der Waals surface area contributed by atoms with E-state index in [2.05, 4.69) is 158 Å². The van der Waals surface area contributed by atoms with Gasteiger partial charge in [0, 0.05) is 27.6 Å². The highest BCUT2D eigenvalue weighted by Crippen LogP contribution is 2.41. The zero-order valence-electron chi connectivity index (χ0n) is 27.2. The number of nitrogens with zero attached hydrogens (tertiary/aromatic N) is 3. The van der Waals surface area contributed by atoms with Crippen molar-refractivity contribution < 1.29 is 0 Å². The van der Waals surface area contributed by atoms with E-state index < -0.39 is 0 Å². The summed E-state index contributed by atoms with van der Waals surface area (Å²) < 4.78 is 0. The predicted octanol–water partition coefficient (Wildman–Crippen LogP) is 12.2. The van der Waals surface area contributed by atoms with Crippen molar-refractivity contribution in [2.24, 2.45) is 0 Å². The summed E-state index contributed by atoms with van der Waals surface area (Å²) in [6, 6.07) is 65.5. The SMILES string of the molecule is c1ccc(-c2cccc(-c3cc(-c4cc5nc(-c6ccccc6)cc(-c6ccccc6)c5c5ccccc45)nc(-c4ccccc4)n3)c2)cc1. The molecule has 0 aliphatic carbocycles. The summed E-state index contributed by atoms with van der Waals surface area (Å²) in [6.45, 7) is 0. The lowest BCUT2D eigenvalue weighted by molar-refractivity contribution is 1.18. The molecule has 2 heterocycles. The third-order valence-corrected chi connectivity index (χ3v) is 9.27. The Morgan fingerprint density at radius 1 is 0.280 bits per heavy atom. The number of hydrogen-bond acceptors (Lipinski definition) is 3. The molecule has 0 saturated heterocycles. The molecule has 0 N–H and O–H groups in total. The second-order valence-electron chi connectivity index (χ2n) is 12.4. The third kappa shape index (κ3) is 5.51. The van der Waals surface area contributed by atoms with Crippen LogP contribution in [-0.4, -0.2) is 15.0 Å². The van der Waals surface area contributed by atoms with Gasteiger partial charge in [-0.1, -0.05) is 164 Å². The average Bonchev–Trinajstić information content (AvgIpc) is 3.21. The van der Waals surface area contributed by atoms with Crippen molar-refractivity contribution in [2.45, 2.75) is 0 Å². The molecule has 9 rings (SSSR count). The zero-order valence-corrected chi connectivity index (χ0v) is 27.2. The smallest absolute Gasteiger partial charge is 0.160 e. The van der Waals surface area contributed by atoms with Crippen molar-refractivity contribution in [2.75, 3.05) is 0 Å². The molecule has 3 heteroatoms. The molecule has 3 nitrogen and oxygen atoms in total. The van der Waals surface area contributed by atoms with Gasteiger partial charge in [-0.2, -0.15) is 0 Å². The van der Waals surface area contributed by atoms with Gasteiger partial charge in [0.2, 0.25) is 0 Å². The minimum absolute atomic E-state index is 0.684. The number of benzene rings is 7. The van der Waals surface area contributed by atoms with Crippen LogP contribution in [0.5, 0.6) is 0 Å². The lowest BCUT2D eigenvalue weighted by Crippen LogP contribution is -1.98. The normalized spacial score (nSPS) is 11.2. The number of fused-ring (bicyclic) bond motifs is 3. The Morgan fingerprint density at radius 2 is 0.800 bits per heavy atom. The topological polar surface area (TPSA) is 38.7 Å². The molecule has 50 heavy (non-hydrogen) atoms. The molecular formula is C47H31N3. The van der Waals surface area contributed by atoms with Crippen molar-refractivity contribution in [1.82, 2.24) is 15.0 Å². The molecule has 0 unspecified atom stereocenters. The lowest BCUT2D eigenvalue weighted by Gasteiger charge is -2.16. The Labute approximate surface area is 291 Å². The van der Waals surface area contributed by atoms with E-state index in [0.717, 1.165) is 77.7 Å². The van der Waals surface area contributed by atoms with E-state index in [4.69, 9.17) is 15.0 Å². The first-order chi connectivity index (χ1) is 24.8. The number of pyridine rings is 1. The van der Waals surface area contributed by atoms with Crippen molar-refractivity contribution in [1.29, 1.82) is 0 Å². The van der Waals surface area contributed by atoms with Gasteiger partial charge in [0.05, 0.1) is 22.6 Å². The molecule has 0 spiro atoms. The van der Waals surface area contributed by atoms with Crippen molar-refractivity contribution in [3.05, 3.63) is 188 Å². The molecule has 0 fully saturated rings. The van der Waals surface area contributed by atoms with Crippen LogP contribution < -0.4 is 0 Å². The molecule has 0 atom stereocenters. The predicted molar refractivity (Wildman–Crippen MR) is 207 cm³/mol. The summed E-state index contributed by atoms with van der Waals surface area (Å²) in [6.07, 6.45) is 0. The van der Waals surface area contributed by atoms with E-state index in [0.29, 0.717) is 5.82 Å². The van der Waals surface area contributed by atoms with Gasteiger partial charge in [-0.05, 0) is 57.3 Å². The molecule has 2 aromatic heterocycles. The Morgan fingerprint density at radius 3 is 1.50 bits per heavy atom. The molecule has 0 amide bonds. The number of aromatic nitrogens is 3. The van der Waals surface area contributed by atoms with Gasteiger partial charge in [-0.15, -0.1) is 0 Å². The van der Waals surface area contributed by atoms with E-state index in [1.54, 1.807) is 0 Å². The first-order valence-electron chi connectivity index (χ1n) is 16.9. The summed E-state index contributed by atoms with van der Waals surface area (Å²) in [5.41, 5.74) is 12.3. The highest BCUT2D eigenvalue weighted by atomic mass is 14.9. The van der Waals surface area contributed by atoms with Crippen LogP contribution >= 0.6 is 0 Å². The van der Waals surface area contributed by atoms with Gasteiger partial charge in [0.25, 0.3) is 0 Å². The summed E-state index contributed by atoms with van der Waals surface area (Å²) in [4.78, 5) is 15.7. The van der Waals surface area contributed by atoms with Crippen molar-refractivity contribution in [3.63, 3.8) is 0 Å². The van der Waals surface area contributed by atoms with Crippen LogP contribution in [0.2, 0.25) is 0 Å². The zero-order chi connectivity index (χ0) is 33.3. The lowest BCUT2D eigenvalue weighted by atomic mass is 9.91. The van der Waals surface area contributed by atoms with Crippen molar-refractivity contribution in [3.8, 4) is 67.4 Å². The molecule has 0 aliphatic heterocycles. The van der Waals surface area contributed by atoms with Gasteiger partial charge in [0.1, 0.15) is 0 Å². The van der Waals surface area contributed by atoms with Crippen LogP contribution in [0.4, 0.5) is 0 Å². The fraction of sp³-hybridized carbons (Fsp3) is 0. The monoisotopic (exact) mass is 637 g/mol. The summed E-state index contributed by atoms with van der Waals surface area (Å²) in [5.74, 6) is 0.684. The first-order valence-corrected chi connectivity index (χ1v) is 16.9. The molecule has 0 radical (unpaired) electrons. The largest absolute Gasteiger partial charge is 0.248 e. The van der Waals surface area contributed by atoms with Crippen molar-refractivity contribution >= 4 is 21.7 Å². The molecular weight excluding hydrogens is 607 g/mol. The Hall–Kier alpha value is -6.71. The maximum atomic E-state index is 5.33. The molecule has 0 bridgehead atoms. The van der Waals surface area contributed by atoms with Crippen LogP contribution in [0.15, 0.2) is 188 Å². The van der Waals surface area contributed by atoms with E-state index in [1.165, 1.54) is 5.56 Å². The summed E-state index contributed by atoms with van der Waals surface area (Å²) in [5, 5.41) is 3.38. The summed E-state index contributed by atoms with van der Waals surface area (Å²) in [7, 11) is 0. The highest BCUT2D eigenvalue weighted by Gasteiger charge is 2.18. The van der Waals surface area contributed by atoms with Crippen LogP contribution in [0, 0.1) is 0 Å². The standard InChI is InChI=1S/C47H31N3/c1-5-16-32(17-6-1)36-24-15-25-37(28-36)43-31-44(50-47(49-43)35-22-11-4-12-23-35)41-30-45-46(39-27-14-13-26-38(39)41)40(33-18-7-2-8-19-33)29-42(48-45)34-20-9-3-10-21-34/h1-31H. The molecule has 7 aromatic carbocycles. The fourth-order valence-electron chi connectivity index (χ4n) is 6.85. The van der Waals surface area contributed by atoms with Gasteiger partial charge >= 0.3 is 0 Å². The number of rotatable bonds is 6. The molecule has 234 valence electrons. The Kier molecular flexibility index (Phi) is 7.49. The minimum Gasteiger partial charge on any atom is -0.248 e. The van der Waals surface area contributed by atoms with E-state index >= 15 is 0 Å². The summed E-state index contributed by atoms with van der Waals surface area (Å²) >= 11 is 0. The Bertz CT molecular complexity index is 2620. The number of hydrogen-bond donors (Lipinski definition) is 0. The second kappa shape index (κ2) is 12.7. The average molecular weight is 638 g/mol. The second-order valence-corrected chi connectivity index (χ2v) is 12.4. The van der Waals surface area contributed by atoms with Crippen LogP contribution in [-0.2, 0) is 0 Å². The van der Waals surface area contributed by atoms with Crippen LogP contribution in [0.3, 0.4) is 0 Å². The highest BCUT2D eigenvalue weighted by molar-refractivity contribution is 6.18. The van der Waals surface area contributed by atoms with Crippen LogP contribution in [0.25, 0.3) is 89.1 Å². The first kappa shape index (κ1) is 29.4. The molecule has 9 aromatic rings. The van der Waals surface area contributed by atoms with E-state index in [9.17, 15) is 0 Å².